The third-order valence-corrected chi connectivity index (χ3v) is 4.48. The molecule has 0 aliphatic carbocycles. The van der Waals surface area contributed by atoms with Crippen molar-refractivity contribution in [3.63, 3.8) is 0 Å². The maximum atomic E-state index is 5.63. The third-order valence-electron chi connectivity index (χ3n) is 4.48. The number of rotatable bonds is 5. The van der Waals surface area contributed by atoms with Crippen molar-refractivity contribution in [1.29, 1.82) is 0 Å². The fourth-order valence-corrected chi connectivity index (χ4v) is 3.45. The molecule has 2 atom stereocenters. The van der Waals surface area contributed by atoms with E-state index in [4.69, 9.17) is 9.47 Å². The second-order valence-corrected chi connectivity index (χ2v) is 5.85. The molecule has 1 fully saturated rings. The van der Waals surface area contributed by atoms with E-state index in [-0.39, 0.29) is 0 Å². The summed E-state index contributed by atoms with van der Waals surface area (Å²) in [5.74, 6) is 2.37. The lowest BCUT2D eigenvalue weighted by Gasteiger charge is -2.33. The lowest BCUT2D eigenvalue weighted by atomic mass is 9.88. The van der Waals surface area contributed by atoms with Crippen LogP contribution in [-0.2, 0) is 0 Å². The number of methoxy groups -OCH3 is 2. The van der Waals surface area contributed by atoms with Crippen molar-refractivity contribution in [3.8, 4) is 11.5 Å². The Morgan fingerprint density at radius 3 is 2.71 bits per heavy atom. The Hall–Kier alpha value is -1.26. The van der Waals surface area contributed by atoms with E-state index in [9.17, 15) is 0 Å². The molecule has 1 saturated heterocycles. The molecule has 0 saturated carbocycles. The van der Waals surface area contributed by atoms with Gasteiger partial charge in [0, 0.05) is 17.7 Å². The molecule has 1 heterocycles. The van der Waals surface area contributed by atoms with E-state index in [1.807, 2.05) is 19.2 Å². The molecule has 4 heteroatoms. The molecular weight excluding hydrogens is 264 g/mol. The zero-order valence-electron chi connectivity index (χ0n) is 13.7. The van der Waals surface area contributed by atoms with Crippen LogP contribution in [0.3, 0.4) is 0 Å². The average Bonchev–Trinajstić information content (AvgIpc) is 2.68. The topological polar surface area (TPSA) is 33.7 Å². The van der Waals surface area contributed by atoms with Crippen molar-refractivity contribution in [2.45, 2.75) is 25.3 Å². The van der Waals surface area contributed by atoms with Crippen LogP contribution in [0.25, 0.3) is 0 Å². The molecule has 0 aromatic heterocycles. The molecule has 1 aromatic carbocycles. The Morgan fingerprint density at radius 2 is 2.05 bits per heavy atom. The van der Waals surface area contributed by atoms with Crippen molar-refractivity contribution in [3.05, 3.63) is 23.8 Å². The molecule has 2 rings (SSSR count). The first kappa shape index (κ1) is 16.1. The maximum Gasteiger partial charge on any atom is 0.127 e. The number of benzene rings is 1. The Morgan fingerprint density at radius 1 is 1.24 bits per heavy atom. The van der Waals surface area contributed by atoms with E-state index < -0.39 is 0 Å². The summed E-state index contributed by atoms with van der Waals surface area (Å²) in [6.45, 7) is 2.17. The average molecular weight is 292 g/mol. The SMILES string of the molecule is CNCC1CCCCN(C)C1c1ccc(OC)cc1OC. The van der Waals surface area contributed by atoms with Gasteiger partial charge in [0.1, 0.15) is 11.5 Å². The molecular formula is C17H28N2O2. The Kier molecular flexibility index (Phi) is 5.88. The van der Waals surface area contributed by atoms with Crippen molar-refractivity contribution in [2.24, 2.45) is 5.92 Å². The second kappa shape index (κ2) is 7.66. The molecule has 1 N–H and O–H groups in total. The summed E-state index contributed by atoms with van der Waals surface area (Å²) in [7, 11) is 7.69. The molecule has 4 nitrogen and oxygen atoms in total. The van der Waals surface area contributed by atoms with E-state index in [2.05, 4.69) is 23.3 Å². The van der Waals surface area contributed by atoms with Gasteiger partial charge in [0.2, 0.25) is 0 Å². The van der Waals surface area contributed by atoms with E-state index in [0.29, 0.717) is 12.0 Å². The van der Waals surface area contributed by atoms with Crippen LogP contribution in [0.1, 0.15) is 30.9 Å². The fourth-order valence-electron chi connectivity index (χ4n) is 3.45. The van der Waals surface area contributed by atoms with Gasteiger partial charge in [-0.05, 0) is 52.0 Å². The minimum absolute atomic E-state index is 0.390. The standard InChI is InChI=1S/C17H28N2O2/c1-18-12-13-7-5-6-10-19(2)17(13)15-9-8-14(20-3)11-16(15)21-4/h8-9,11,13,17-18H,5-7,10,12H2,1-4H3. The predicted molar refractivity (Wildman–Crippen MR) is 86.2 cm³/mol. The summed E-state index contributed by atoms with van der Waals surface area (Å²) >= 11 is 0. The van der Waals surface area contributed by atoms with Crippen molar-refractivity contribution >= 4 is 0 Å². The van der Waals surface area contributed by atoms with E-state index >= 15 is 0 Å². The second-order valence-electron chi connectivity index (χ2n) is 5.85. The van der Waals surface area contributed by atoms with Gasteiger partial charge in [0.25, 0.3) is 0 Å². The highest BCUT2D eigenvalue weighted by molar-refractivity contribution is 5.43. The zero-order chi connectivity index (χ0) is 15.2. The van der Waals surface area contributed by atoms with Gasteiger partial charge < -0.3 is 14.8 Å². The third kappa shape index (κ3) is 3.69. The number of nitrogens with one attached hydrogen (secondary N) is 1. The molecule has 0 radical (unpaired) electrons. The molecule has 0 spiro atoms. The van der Waals surface area contributed by atoms with E-state index in [1.165, 1.54) is 24.8 Å². The first-order valence-electron chi connectivity index (χ1n) is 7.78. The summed E-state index contributed by atoms with van der Waals surface area (Å²) < 4.78 is 10.9. The number of hydrogen-bond donors (Lipinski definition) is 1. The van der Waals surface area contributed by atoms with Crippen molar-refractivity contribution in [2.75, 3.05) is 41.4 Å². The monoisotopic (exact) mass is 292 g/mol. The minimum atomic E-state index is 0.390. The number of likely N-dealkylation sites (tertiary alicyclic amines) is 1. The highest BCUT2D eigenvalue weighted by atomic mass is 16.5. The van der Waals surface area contributed by atoms with Gasteiger partial charge in [-0.1, -0.05) is 12.5 Å². The number of hydrogen-bond acceptors (Lipinski definition) is 4. The Labute approximate surface area is 128 Å². The summed E-state index contributed by atoms with van der Waals surface area (Å²) in [5.41, 5.74) is 1.27. The van der Waals surface area contributed by atoms with Crippen LogP contribution >= 0.6 is 0 Å². The first-order chi connectivity index (χ1) is 10.2. The minimum Gasteiger partial charge on any atom is -0.497 e. The molecule has 1 aromatic rings. The van der Waals surface area contributed by atoms with Gasteiger partial charge in [-0.15, -0.1) is 0 Å². The highest BCUT2D eigenvalue weighted by Gasteiger charge is 2.30. The summed E-state index contributed by atoms with van der Waals surface area (Å²) in [6, 6.07) is 6.57. The van der Waals surface area contributed by atoms with Crippen LogP contribution in [-0.4, -0.2) is 46.3 Å². The van der Waals surface area contributed by atoms with E-state index in [1.54, 1.807) is 14.2 Å². The van der Waals surface area contributed by atoms with Gasteiger partial charge in [-0.25, -0.2) is 0 Å². The lowest BCUT2D eigenvalue weighted by Crippen LogP contribution is -2.34. The molecule has 0 bridgehead atoms. The number of ether oxygens (including phenoxy) is 2. The fraction of sp³-hybridized carbons (Fsp3) is 0.647. The summed E-state index contributed by atoms with van der Waals surface area (Å²) in [6.07, 6.45) is 3.82. The molecule has 0 amide bonds. The van der Waals surface area contributed by atoms with Gasteiger partial charge in [-0.2, -0.15) is 0 Å². The molecule has 21 heavy (non-hydrogen) atoms. The summed E-state index contributed by atoms with van der Waals surface area (Å²) in [4.78, 5) is 2.47. The van der Waals surface area contributed by atoms with Crippen LogP contribution in [0, 0.1) is 5.92 Å². The molecule has 118 valence electrons. The smallest absolute Gasteiger partial charge is 0.127 e. The highest BCUT2D eigenvalue weighted by Crippen LogP contribution is 2.39. The van der Waals surface area contributed by atoms with Crippen LogP contribution in [0.15, 0.2) is 18.2 Å². The van der Waals surface area contributed by atoms with Gasteiger partial charge in [0.15, 0.2) is 0 Å². The quantitative estimate of drug-likeness (QED) is 0.905. The first-order valence-corrected chi connectivity index (χ1v) is 7.78. The van der Waals surface area contributed by atoms with Crippen molar-refractivity contribution < 1.29 is 9.47 Å². The van der Waals surface area contributed by atoms with Gasteiger partial charge >= 0.3 is 0 Å². The number of nitrogens with zero attached hydrogens (tertiary/aromatic N) is 1. The lowest BCUT2D eigenvalue weighted by molar-refractivity contribution is 0.186. The maximum absolute atomic E-state index is 5.63. The summed E-state index contributed by atoms with van der Waals surface area (Å²) in [5, 5.41) is 3.35. The van der Waals surface area contributed by atoms with Crippen molar-refractivity contribution in [1.82, 2.24) is 10.2 Å². The van der Waals surface area contributed by atoms with Gasteiger partial charge in [-0.3, -0.25) is 4.90 Å². The predicted octanol–water partition coefficient (Wildman–Crippen LogP) is 2.70. The van der Waals surface area contributed by atoms with Crippen LogP contribution < -0.4 is 14.8 Å². The molecule has 1 aliphatic heterocycles. The molecule has 2 unspecified atom stereocenters. The van der Waals surface area contributed by atoms with Crippen LogP contribution in [0.4, 0.5) is 0 Å². The largest absolute Gasteiger partial charge is 0.497 e. The van der Waals surface area contributed by atoms with Gasteiger partial charge in [0.05, 0.1) is 14.2 Å². The van der Waals surface area contributed by atoms with Crippen LogP contribution in [0.5, 0.6) is 11.5 Å². The Bertz CT molecular complexity index is 450. The van der Waals surface area contributed by atoms with E-state index in [0.717, 1.165) is 24.6 Å². The molecule has 1 aliphatic rings. The Balaban J connectivity index is 2.38. The van der Waals surface area contributed by atoms with Crippen LogP contribution in [0.2, 0.25) is 0 Å². The normalized spacial score (nSPS) is 23.6. The zero-order valence-corrected chi connectivity index (χ0v) is 13.7.